The first-order valence-electron chi connectivity index (χ1n) is 12.7. The van der Waals surface area contributed by atoms with Gasteiger partial charge in [0.05, 0.1) is 29.4 Å². The molecule has 0 saturated carbocycles. The van der Waals surface area contributed by atoms with E-state index in [1.165, 1.54) is 11.8 Å². The van der Waals surface area contributed by atoms with E-state index in [4.69, 9.17) is 14.6 Å². The summed E-state index contributed by atoms with van der Waals surface area (Å²) in [5, 5.41) is 5.67. The van der Waals surface area contributed by atoms with Crippen LogP contribution in [0.15, 0.2) is 64.6 Å². The third-order valence-corrected chi connectivity index (χ3v) is 7.30. The summed E-state index contributed by atoms with van der Waals surface area (Å²) in [6, 6.07) is 16.1. The minimum Gasteiger partial charge on any atom is -0.493 e. The van der Waals surface area contributed by atoms with Crippen LogP contribution in [0, 0.1) is 6.92 Å². The van der Waals surface area contributed by atoms with Crippen molar-refractivity contribution < 1.29 is 14.3 Å². The zero-order valence-electron chi connectivity index (χ0n) is 21.7. The monoisotopic (exact) mass is 516 g/mol. The van der Waals surface area contributed by atoms with E-state index in [1.54, 1.807) is 0 Å². The molecular formula is C29H32N4O3S. The first kappa shape index (κ1) is 25.3. The van der Waals surface area contributed by atoms with Crippen LogP contribution in [-0.4, -0.2) is 57.7 Å². The molecule has 1 fully saturated rings. The van der Waals surface area contributed by atoms with Crippen molar-refractivity contribution in [2.24, 2.45) is 4.99 Å². The molecule has 3 heterocycles. The third kappa shape index (κ3) is 5.65. The van der Waals surface area contributed by atoms with Gasteiger partial charge in [0, 0.05) is 30.4 Å². The molecule has 0 unspecified atom stereocenters. The highest BCUT2D eigenvalue weighted by molar-refractivity contribution is 8.18. The fraction of sp³-hybridized carbons (Fsp3) is 0.345. The van der Waals surface area contributed by atoms with Crippen molar-refractivity contribution in [3.05, 3.63) is 70.8 Å². The van der Waals surface area contributed by atoms with Crippen molar-refractivity contribution in [3.63, 3.8) is 0 Å². The minimum absolute atomic E-state index is 0.0957. The maximum Gasteiger partial charge on any atom is 0.286 e. The maximum absolute atomic E-state index is 12.9. The highest BCUT2D eigenvalue weighted by atomic mass is 32.2. The van der Waals surface area contributed by atoms with E-state index >= 15 is 0 Å². The quantitative estimate of drug-likeness (QED) is 0.391. The van der Waals surface area contributed by atoms with Crippen molar-refractivity contribution in [1.82, 2.24) is 14.7 Å². The Labute approximate surface area is 222 Å². The van der Waals surface area contributed by atoms with Gasteiger partial charge in [-0.05, 0) is 80.9 Å². The molecule has 0 aliphatic carbocycles. The number of amides is 1. The Morgan fingerprint density at radius 3 is 2.59 bits per heavy atom. The molecular weight excluding hydrogens is 484 g/mol. The Balaban J connectivity index is 1.49. The van der Waals surface area contributed by atoms with Crippen LogP contribution in [0.2, 0.25) is 0 Å². The number of aryl methyl sites for hydroxylation is 1. The summed E-state index contributed by atoms with van der Waals surface area (Å²) in [6.45, 7) is 10.4. The molecule has 0 radical (unpaired) electrons. The smallest absolute Gasteiger partial charge is 0.286 e. The van der Waals surface area contributed by atoms with Crippen LogP contribution in [0.25, 0.3) is 23.0 Å². The molecule has 3 aromatic rings. The highest BCUT2D eigenvalue weighted by Crippen LogP contribution is 2.35. The average Bonchev–Trinajstić information content (AvgIpc) is 3.47. The van der Waals surface area contributed by atoms with Crippen molar-refractivity contribution in [2.75, 3.05) is 19.7 Å². The van der Waals surface area contributed by atoms with Gasteiger partial charge in [-0.25, -0.2) is 4.68 Å². The number of aliphatic imine (C=N–C) groups is 1. The summed E-state index contributed by atoms with van der Waals surface area (Å²) in [5.41, 5.74) is 4.63. The van der Waals surface area contributed by atoms with E-state index in [-0.39, 0.29) is 18.1 Å². The van der Waals surface area contributed by atoms with Gasteiger partial charge in [0.1, 0.15) is 11.4 Å². The summed E-state index contributed by atoms with van der Waals surface area (Å²) in [5.74, 6) is 0.659. The molecule has 2 aliphatic rings. The number of morpholine rings is 1. The largest absolute Gasteiger partial charge is 0.493 e. The molecule has 8 heteroatoms. The lowest BCUT2D eigenvalue weighted by Crippen LogP contribution is -2.47. The molecule has 0 spiro atoms. The molecule has 1 amide bonds. The van der Waals surface area contributed by atoms with Gasteiger partial charge in [0.25, 0.3) is 5.91 Å². The summed E-state index contributed by atoms with van der Waals surface area (Å²) >= 11 is 1.42. The van der Waals surface area contributed by atoms with Gasteiger partial charge in [0.15, 0.2) is 5.17 Å². The molecule has 7 nitrogen and oxygen atoms in total. The minimum atomic E-state index is -0.218. The summed E-state index contributed by atoms with van der Waals surface area (Å²) in [6.07, 6.45) is 5.03. The van der Waals surface area contributed by atoms with Crippen LogP contribution in [0.1, 0.15) is 38.3 Å². The molecule has 5 rings (SSSR count). The topological polar surface area (TPSA) is 68.9 Å². The number of hydrogen-bond acceptors (Lipinski definition) is 6. The Morgan fingerprint density at radius 2 is 1.89 bits per heavy atom. The van der Waals surface area contributed by atoms with E-state index < -0.39 is 0 Å². The van der Waals surface area contributed by atoms with E-state index in [0.29, 0.717) is 11.5 Å². The Hall–Kier alpha value is -3.36. The summed E-state index contributed by atoms with van der Waals surface area (Å²) in [4.78, 5) is 20.1. The van der Waals surface area contributed by atoms with Gasteiger partial charge >= 0.3 is 0 Å². The maximum atomic E-state index is 12.9. The Morgan fingerprint density at radius 1 is 1.14 bits per heavy atom. The summed E-state index contributed by atoms with van der Waals surface area (Å²) < 4.78 is 13.6. The lowest BCUT2D eigenvalue weighted by molar-refractivity contribution is -0.113. The number of nitrogens with zero attached hydrogens (tertiary/aromatic N) is 4. The van der Waals surface area contributed by atoms with Crippen LogP contribution in [0.5, 0.6) is 5.75 Å². The number of hydrogen-bond donors (Lipinski definition) is 0. The number of aromatic nitrogens is 2. The zero-order valence-corrected chi connectivity index (χ0v) is 22.5. The van der Waals surface area contributed by atoms with Gasteiger partial charge < -0.3 is 14.4 Å². The first-order chi connectivity index (χ1) is 17.9. The fourth-order valence-corrected chi connectivity index (χ4v) is 5.53. The molecule has 192 valence electrons. The molecule has 1 aromatic heterocycles. The van der Waals surface area contributed by atoms with Crippen LogP contribution >= 0.6 is 11.8 Å². The molecule has 2 atom stereocenters. The average molecular weight is 517 g/mol. The molecule has 37 heavy (non-hydrogen) atoms. The molecule has 2 aromatic carbocycles. The number of para-hydroxylation sites is 1. The number of carbonyl (C=O) groups is 1. The third-order valence-electron chi connectivity index (χ3n) is 6.26. The lowest BCUT2D eigenvalue weighted by atomic mass is 10.0. The van der Waals surface area contributed by atoms with Crippen LogP contribution in [0.3, 0.4) is 0 Å². The second kappa shape index (κ2) is 10.9. The van der Waals surface area contributed by atoms with Crippen LogP contribution in [-0.2, 0) is 9.53 Å². The van der Waals surface area contributed by atoms with Gasteiger partial charge in [0.2, 0.25) is 0 Å². The van der Waals surface area contributed by atoms with Crippen LogP contribution < -0.4 is 4.74 Å². The fourth-order valence-electron chi connectivity index (χ4n) is 4.61. The van der Waals surface area contributed by atoms with Gasteiger partial charge in [-0.2, -0.15) is 10.1 Å². The van der Waals surface area contributed by atoms with E-state index in [1.807, 2.05) is 80.2 Å². The van der Waals surface area contributed by atoms with Crippen LogP contribution in [0.4, 0.5) is 0 Å². The van der Waals surface area contributed by atoms with Crippen molar-refractivity contribution in [1.29, 1.82) is 0 Å². The molecule has 2 aliphatic heterocycles. The van der Waals surface area contributed by atoms with Gasteiger partial charge in [-0.3, -0.25) is 4.79 Å². The van der Waals surface area contributed by atoms with Crippen molar-refractivity contribution in [2.45, 2.75) is 46.3 Å². The molecule has 1 saturated heterocycles. The van der Waals surface area contributed by atoms with E-state index in [2.05, 4.69) is 22.9 Å². The normalized spacial score (nSPS) is 21.0. The van der Waals surface area contributed by atoms with Gasteiger partial charge in [-0.15, -0.1) is 0 Å². The van der Waals surface area contributed by atoms with E-state index in [0.717, 1.165) is 58.5 Å². The zero-order chi connectivity index (χ0) is 25.9. The second-order valence-electron chi connectivity index (χ2n) is 9.51. The number of carbonyl (C=O) groups excluding carboxylic acids is 1. The van der Waals surface area contributed by atoms with E-state index in [9.17, 15) is 4.79 Å². The van der Waals surface area contributed by atoms with Gasteiger partial charge in [-0.1, -0.05) is 25.1 Å². The Bertz CT molecular complexity index is 1340. The number of rotatable bonds is 6. The lowest BCUT2D eigenvalue weighted by Gasteiger charge is -2.35. The van der Waals surface area contributed by atoms with Crippen molar-refractivity contribution >= 4 is 28.9 Å². The number of thioether (sulfide) groups is 1. The highest BCUT2D eigenvalue weighted by Gasteiger charge is 2.31. The SMILES string of the molecule is CCCOc1ccc(-c2nn(-c3ccccc3)cc2/C=C2/SC(N3C[C@@H](C)O[C@@H](C)C3)=NC2=O)cc1C. The van der Waals surface area contributed by atoms with Crippen molar-refractivity contribution in [3.8, 4) is 22.7 Å². The molecule has 0 N–H and O–H groups in total. The number of benzene rings is 2. The predicted octanol–water partition coefficient (Wildman–Crippen LogP) is 5.72. The standard InChI is InChI=1S/C29H32N4O3S/c1-5-13-35-25-12-11-22(14-19(25)2)27-23(18-33(31-27)24-9-7-6-8-10-24)15-26-28(34)30-29(37-26)32-16-20(3)36-21(4)17-32/h6-12,14-15,18,20-21H,5,13,16-17H2,1-4H3/b26-15+/t20-,21+. The summed E-state index contributed by atoms with van der Waals surface area (Å²) in [7, 11) is 0. The predicted molar refractivity (Wildman–Crippen MR) is 149 cm³/mol. The second-order valence-corrected chi connectivity index (χ2v) is 10.5. The number of amidine groups is 1. The number of ether oxygens (including phenoxy) is 2. The molecule has 0 bridgehead atoms. The first-order valence-corrected chi connectivity index (χ1v) is 13.5. The Kier molecular flexibility index (Phi) is 7.48.